The summed E-state index contributed by atoms with van der Waals surface area (Å²) in [4.78, 5) is 11.1. The molecule has 0 fully saturated rings. The van der Waals surface area contributed by atoms with Gasteiger partial charge in [0.05, 0.1) is 0 Å². The minimum absolute atomic E-state index is 0.620. The molecule has 0 bridgehead atoms. The molecule has 0 heterocycles. The van der Waals surface area contributed by atoms with Crippen LogP contribution < -0.4 is 0 Å². The Hall–Kier alpha value is -3.24. The molecule has 0 aromatic heterocycles. The van der Waals surface area contributed by atoms with Gasteiger partial charge in [0.1, 0.15) is 0 Å². The minimum atomic E-state index is -10.4. The van der Waals surface area contributed by atoms with Crippen LogP contribution in [0.4, 0.5) is 154 Å². The fraction of sp³-hybridized carbons (Fsp3) is 0.864. The average Bonchev–Trinajstić information content (AvgIpc) is 3.01. The molecule has 37 heteroatoms. The highest BCUT2D eigenvalue weighted by atomic mass is 19.4. The van der Waals surface area contributed by atoms with Crippen LogP contribution in [0.1, 0.15) is 13.3 Å². The summed E-state index contributed by atoms with van der Waals surface area (Å²) >= 11 is 0. The Morgan fingerprint density at radius 1 is 0.322 bits per heavy atom. The van der Waals surface area contributed by atoms with Crippen LogP contribution in [0.15, 0.2) is 12.2 Å². The van der Waals surface area contributed by atoms with E-state index in [0.717, 1.165) is 0 Å². The van der Waals surface area contributed by atoms with E-state index < -0.39 is 119 Å². The molecule has 0 saturated heterocycles. The molecule has 0 atom stereocenters. The van der Waals surface area contributed by atoms with Crippen molar-refractivity contribution in [3.63, 3.8) is 0 Å². The molecule has 0 radical (unpaired) electrons. The number of rotatable bonds is 18. The summed E-state index contributed by atoms with van der Waals surface area (Å²) in [6.45, 7) is 2.98. The molecular formula is C22H7F35O2. The van der Waals surface area contributed by atoms with Crippen LogP contribution in [0.25, 0.3) is 0 Å². The first-order valence-electron chi connectivity index (χ1n) is 12.9. The standard InChI is InChI=1S/C22H7F35O2/c1-3-4(2)5(58)59-22(56,57)20(51,52)18(47,48)16(43,44)14(39,40)12(35,36)10(31,32)8(27,28)6(23,24)7(25,26)9(29,30)11(33,34)13(37,38)15(41,42)17(45,46)19(49,50)21(53,54)55/h2-3H2,1H3. The molecule has 2 nitrogen and oxygen atoms in total. The zero-order chi connectivity index (χ0) is 49.1. The maximum absolute atomic E-state index is 14.0. The van der Waals surface area contributed by atoms with E-state index in [2.05, 4.69) is 11.3 Å². The maximum atomic E-state index is 14.0. The van der Waals surface area contributed by atoms with Crippen LogP contribution in [0.2, 0.25) is 0 Å². The molecule has 59 heavy (non-hydrogen) atoms. The lowest BCUT2D eigenvalue weighted by atomic mass is 9.82. The number of hydrogen-bond acceptors (Lipinski definition) is 2. The van der Waals surface area contributed by atoms with E-state index in [1.807, 2.05) is 0 Å². The first kappa shape index (κ1) is 55.8. The maximum Gasteiger partial charge on any atom is 0.473 e. The molecule has 0 unspecified atom stereocenters. The van der Waals surface area contributed by atoms with Crippen LogP contribution in [0.3, 0.4) is 0 Å². The number of esters is 1. The first-order chi connectivity index (χ1) is 24.9. The van der Waals surface area contributed by atoms with Gasteiger partial charge in [-0.1, -0.05) is 13.5 Å². The summed E-state index contributed by atoms with van der Waals surface area (Å²) in [7, 11) is 0. The molecule has 0 aliphatic rings. The van der Waals surface area contributed by atoms with Gasteiger partial charge >= 0.3 is 107 Å². The fourth-order valence-electron chi connectivity index (χ4n) is 3.32. The van der Waals surface area contributed by atoms with Crippen LogP contribution in [0, 0.1) is 0 Å². The van der Waals surface area contributed by atoms with Crippen molar-refractivity contribution in [3.8, 4) is 0 Å². The Morgan fingerprint density at radius 3 is 0.627 bits per heavy atom. The molecule has 0 aromatic rings. The number of halogens is 35. The highest BCUT2D eigenvalue weighted by Gasteiger charge is 3.02. The Morgan fingerprint density at radius 2 is 0.475 bits per heavy atom. The van der Waals surface area contributed by atoms with Crippen molar-refractivity contribution in [2.45, 2.75) is 114 Å². The van der Waals surface area contributed by atoms with Gasteiger partial charge < -0.3 is 4.74 Å². The molecule has 0 N–H and O–H groups in total. The Bertz CT molecular complexity index is 1580. The summed E-state index contributed by atoms with van der Waals surface area (Å²) in [5.74, 6) is -151. The van der Waals surface area contributed by atoms with Crippen LogP contribution >= 0.6 is 0 Å². The van der Waals surface area contributed by atoms with E-state index in [1.165, 1.54) is 0 Å². The predicted molar refractivity (Wildman–Crippen MR) is 111 cm³/mol. The number of hydrogen-bond donors (Lipinski definition) is 0. The lowest BCUT2D eigenvalue weighted by molar-refractivity contribution is -0.494. The highest BCUT2D eigenvalue weighted by molar-refractivity contribution is 5.87. The number of carbonyl (C=O) groups is 1. The van der Waals surface area contributed by atoms with Gasteiger partial charge in [-0.2, -0.15) is 154 Å². The molecular weight excluding hydrogens is 961 g/mol. The lowest BCUT2D eigenvalue weighted by Crippen LogP contribution is -2.80. The minimum Gasteiger partial charge on any atom is -0.393 e. The Balaban J connectivity index is 7.78. The molecule has 0 rings (SSSR count). The smallest absolute Gasteiger partial charge is 0.393 e. The zero-order valence-electron chi connectivity index (χ0n) is 26.0. The van der Waals surface area contributed by atoms with Gasteiger partial charge in [0.25, 0.3) is 0 Å². The normalized spacial score (nSPS) is 16.7. The van der Waals surface area contributed by atoms with Gasteiger partial charge in [0.2, 0.25) is 0 Å². The number of ether oxygens (including phenoxy) is 1. The van der Waals surface area contributed by atoms with E-state index in [0.29, 0.717) is 6.92 Å². The van der Waals surface area contributed by atoms with E-state index in [-0.39, 0.29) is 0 Å². The molecule has 0 aliphatic carbocycles. The monoisotopic (exact) mass is 968 g/mol. The van der Waals surface area contributed by atoms with Gasteiger partial charge in [-0.3, -0.25) is 0 Å². The van der Waals surface area contributed by atoms with Crippen molar-refractivity contribution in [3.05, 3.63) is 12.2 Å². The molecule has 352 valence electrons. The molecule has 0 saturated carbocycles. The number of alkyl halides is 35. The van der Waals surface area contributed by atoms with E-state index >= 15 is 0 Å². The Kier molecular flexibility index (Phi) is 13.1. The lowest BCUT2D eigenvalue weighted by Gasteiger charge is -2.47. The second kappa shape index (κ2) is 13.9. The first-order valence-corrected chi connectivity index (χ1v) is 12.9. The second-order valence-electron chi connectivity index (χ2n) is 11.0. The quantitative estimate of drug-likeness (QED) is 0.0777. The van der Waals surface area contributed by atoms with E-state index in [9.17, 15) is 158 Å². The van der Waals surface area contributed by atoms with Crippen LogP contribution in [-0.2, 0) is 9.53 Å². The molecule has 0 amide bonds. The van der Waals surface area contributed by atoms with Crippen LogP contribution in [-0.4, -0.2) is 107 Å². The summed E-state index contributed by atoms with van der Waals surface area (Å²) in [6, 6.07) is 0. The number of carbonyl (C=O) groups excluding carboxylic acids is 1. The van der Waals surface area contributed by atoms with Gasteiger partial charge in [-0.15, -0.1) is 0 Å². The van der Waals surface area contributed by atoms with Crippen molar-refractivity contribution in [1.82, 2.24) is 0 Å². The largest absolute Gasteiger partial charge is 0.473 e. The van der Waals surface area contributed by atoms with Crippen molar-refractivity contribution >= 4 is 5.97 Å². The fourth-order valence-corrected chi connectivity index (χ4v) is 3.32. The van der Waals surface area contributed by atoms with Crippen LogP contribution in [0.5, 0.6) is 0 Å². The molecule has 0 aliphatic heterocycles. The van der Waals surface area contributed by atoms with Gasteiger partial charge in [0.15, 0.2) is 0 Å². The van der Waals surface area contributed by atoms with Gasteiger partial charge in [-0.05, 0) is 6.42 Å². The summed E-state index contributed by atoms with van der Waals surface area (Å²) in [5, 5.41) is 0. The second-order valence-corrected chi connectivity index (χ2v) is 11.0. The summed E-state index contributed by atoms with van der Waals surface area (Å²) < 4.78 is 478. The third-order valence-electron chi connectivity index (χ3n) is 7.18. The van der Waals surface area contributed by atoms with Crippen molar-refractivity contribution in [2.75, 3.05) is 0 Å². The zero-order valence-corrected chi connectivity index (χ0v) is 26.0. The summed E-state index contributed by atoms with van der Waals surface area (Å²) in [6.07, 6.45) is -17.4. The van der Waals surface area contributed by atoms with Crippen molar-refractivity contribution < 1.29 is 163 Å². The van der Waals surface area contributed by atoms with Crippen molar-refractivity contribution in [1.29, 1.82) is 0 Å². The topological polar surface area (TPSA) is 26.3 Å². The third kappa shape index (κ3) is 6.62. The van der Waals surface area contributed by atoms with Crippen molar-refractivity contribution in [2.24, 2.45) is 0 Å². The Labute approximate surface area is 297 Å². The van der Waals surface area contributed by atoms with Gasteiger partial charge in [0, 0.05) is 5.57 Å². The van der Waals surface area contributed by atoms with E-state index in [4.69, 9.17) is 0 Å². The molecule has 0 spiro atoms. The predicted octanol–water partition coefficient (Wildman–Crippen LogP) is 12.2. The third-order valence-corrected chi connectivity index (χ3v) is 7.18. The highest BCUT2D eigenvalue weighted by Crippen LogP contribution is 2.70. The average molecular weight is 968 g/mol. The summed E-state index contributed by atoms with van der Waals surface area (Å²) in [5.41, 5.74) is -1.59. The van der Waals surface area contributed by atoms with E-state index in [1.54, 1.807) is 0 Å². The van der Waals surface area contributed by atoms with Gasteiger partial charge in [-0.25, -0.2) is 4.79 Å². The molecule has 0 aromatic carbocycles. The SMILES string of the molecule is C=C(CC)C(=O)OC(F)(F)C(F)(F)C(F)(F)C(F)(F)C(F)(F)C(F)(F)C(F)(F)C(F)(F)C(F)(F)C(F)(F)C(F)(F)C(F)(F)C(F)(F)C(F)(F)C(F)(F)C(F)(F)C(F)(F)F.